The van der Waals surface area contributed by atoms with Crippen LogP contribution >= 0.6 is 0 Å². The number of ether oxygens (including phenoxy) is 3. The number of nitrogen functional groups attached to an aromatic ring is 1. The Morgan fingerprint density at radius 2 is 2.16 bits per heavy atom. The third-order valence-corrected chi connectivity index (χ3v) is 4.98. The van der Waals surface area contributed by atoms with Gasteiger partial charge in [-0.3, -0.25) is 10.7 Å². The van der Waals surface area contributed by atoms with Gasteiger partial charge in [0, 0.05) is 37.9 Å². The maximum atomic E-state index is 12.5. The Bertz CT molecular complexity index is 893. The normalized spacial score (nSPS) is 19.3. The van der Waals surface area contributed by atoms with E-state index >= 15 is 0 Å². The molecule has 1 aliphatic rings. The standard InChI is InChI=1S/C22H29N5O4/c1-14-10-16(8-9-30-14)31-21(24)17-12-25-20(11-18(17)23)27-22(28)26-19(13-29-2)15-6-4-3-5-7-15/h3-7,11-12,14,16,19,24H,8-10,13H2,1-2H3,(H4,23,25,26,27,28)/t14?,16?,19-/m1/s1. The van der Waals surface area contributed by atoms with E-state index in [1.807, 2.05) is 37.3 Å². The van der Waals surface area contributed by atoms with Gasteiger partial charge in [-0.1, -0.05) is 30.3 Å². The Kier molecular flexibility index (Phi) is 7.80. The maximum Gasteiger partial charge on any atom is 0.320 e. The van der Waals surface area contributed by atoms with Gasteiger partial charge in [0.2, 0.25) is 5.90 Å². The summed E-state index contributed by atoms with van der Waals surface area (Å²) in [5.74, 6) is 0.236. The number of hydrogen-bond acceptors (Lipinski definition) is 7. The van der Waals surface area contributed by atoms with Crippen LogP contribution in [0.2, 0.25) is 0 Å². The quantitative estimate of drug-likeness (QED) is 0.397. The molecule has 0 saturated carbocycles. The molecule has 1 fully saturated rings. The molecule has 0 aliphatic carbocycles. The number of pyridine rings is 1. The Morgan fingerprint density at radius 3 is 2.84 bits per heavy atom. The fourth-order valence-corrected chi connectivity index (χ4v) is 3.41. The molecule has 1 aliphatic heterocycles. The van der Waals surface area contributed by atoms with E-state index in [0.717, 1.165) is 18.4 Å². The lowest BCUT2D eigenvalue weighted by Gasteiger charge is -2.28. The number of carbonyl (C=O) groups is 1. The second-order valence-corrected chi connectivity index (χ2v) is 7.45. The molecule has 1 aromatic carbocycles. The zero-order valence-corrected chi connectivity index (χ0v) is 17.8. The van der Waals surface area contributed by atoms with Crippen molar-refractivity contribution in [3.05, 3.63) is 53.7 Å². The number of nitrogens with two attached hydrogens (primary N) is 1. The Balaban J connectivity index is 1.60. The van der Waals surface area contributed by atoms with Gasteiger partial charge < -0.3 is 25.3 Å². The van der Waals surface area contributed by atoms with Gasteiger partial charge in [0.05, 0.1) is 30.9 Å². The van der Waals surface area contributed by atoms with Crippen LogP contribution in [0.25, 0.3) is 0 Å². The van der Waals surface area contributed by atoms with Crippen LogP contribution in [0, 0.1) is 5.41 Å². The summed E-state index contributed by atoms with van der Waals surface area (Å²) in [4.78, 5) is 16.7. The molecule has 2 amide bonds. The van der Waals surface area contributed by atoms with Gasteiger partial charge in [-0.05, 0) is 12.5 Å². The van der Waals surface area contributed by atoms with Gasteiger partial charge in [0.15, 0.2) is 0 Å². The van der Waals surface area contributed by atoms with Crippen molar-refractivity contribution >= 4 is 23.4 Å². The lowest BCUT2D eigenvalue weighted by molar-refractivity contribution is -0.0291. The van der Waals surface area contributed by atoms with Crippen molar-refractivity contribution in [1.82, 2.24) is 10.3 Å². The number of anilines is 2. The number of nitrogens with zero attached hydrogens (tertiary/aromatic N) is 1. The number of aromatic nitrogens is 1. The fourth-order valence-electron chi connectivity index (χ4n) is 3.41. The number of urea groups is 1. The molecule has 9 heteroatoms. The number of hydrogen-bond donors (Lipinski definition) is 4. The molecule has 2 heterocycles. The molecule has 3 rings (SSSR count). The lowest BCUT2D eigenvalue weighted by Crippen LogP contribution is -2.35. The molecular weight excluding hydrogens is 398 g/mol. The minimum Gasteiger partial charge on any atom is -0.474 e. The van der Waals surface area contributed by atoms with E-state index in [-0.39, 0.29) is 30.0 Å². The van der Waals surface area contributed by atoms with Crippen LogP contribution in [0.4, 0.5) is 16.3 Å². The average Bonchev–Trinajstić information content (AvgIpc) is 2.74. The summed E-state index contributed by atoms with van der Waals surface area (Å²) in [7, 11) is 1.58. The van der Waals surface area contributed by atoms with Crippen LogP contribution in [-0.2, 0) is 14.2 Å². The van der Waals surface area contributed by atoms with E-state index < -0.39 is 6.03 Å². The van der Waals surface area contributed by atoms with Gasteiger partial charge in [0.25, 0.3) is 0 Å². The molecule has 0 spiro atoms. The number of nitrogens with one attached hydrogen (secondary N) is 3. The number of rotatable bonds is 7. The van der Waals surface area contributed by atoms with E-state index in [1.54, 1.807) is 7.11 Å². The third-order valence-electron chi connectivity index (χ3n) is 4.98. The lowest BCUT2D eigenvalue weighted by atomic mass is 10.1. The summed E-state index contributed by atoms with van der Waals surface area (Å²) in [5.41, 5.74) is 7.70. The van der Waals surface area contributed by atoms with Crippen LogP contribution < -0.4 is 16.4 Å². The topological polar surface area (TPSA) is 132 Å². The molecule has 9 nitrogen and oxygen atoms in total. The number of amides is 2. The molecule has 2 unspecified atom stereocenters. The maximum absolute atomic E-state index is 12.5. The van der Waals surface area contributed by atoms with Crippen molar-refractivity contribution in [3.63, 3.8) is 0 Å². The van der Waals surface area contributed by atoms with Gasteiger partial charge in [-0.25, -0.2) is 9.78 Å². The average molecular weight is 428 g/mol. The first-order chi connectivity index (χ1) is 15.0. The van der Waals surface area contributed by atoms with E-state index in [2.05, 4.69) is 15.6 Å². The molecule has 31 heavy (non-hydrogen) atoms. The van der Waals surface area contributed by atoms with Crippen LogP contribution in [0.3, 0.4) is 0 Å². The van der Waals surface area contributed by atoms with Crippen molar-refractivity contribution < 1.29 is 19.0 Å². The first-order valence-electron chi connectivity index (χ1n) is 10.2. The summed E-state index contributed by atoms with van der Waals surface area (Å²) in [6.45, 7) is 2.92. The van der Waals surface area contributed by atoms with E-state index in [4.69, 9.17) is 25.4 Å². The highest BCUT2D eigenvalue weighted by Gasteiger charge is 2.23. The minimum absolute atomic E-state index is 0.0377. The Morgan fingerprint density at radius 1 is 1.39 bits per heavy atom. The summed E-state index contributed by atoms with van der Waals surface area (Å²) in [6.07, 6.45) is 2.89. The fraction of sp³-hybridized carbons (Fsp3) is 0.409. The first-order valence-corrected chi connectivity index (χ1v) is 10.2. The second kappa shape index (κ2) is 10.7. The summed E-state index contributed by atoms with van der Waals surface area (Å²) < 4.78 is 16.5. The van der Waals surface area contributed by atoms with Gasteiger partial charge in [0.1, 0.15) is 11.9 Å². The predicted molar refractivity (Wildman–Crippen MR) is 118 cm³/mol. The molecule has 2 aromatic rings. The van der Waals surface area contributed by atoms with Gasteiger partial charge in [-0.2, -0.15) is 0 Å². The highest BCUT2D eigenvalue weighted by Crippen LogP contribution is 2.21. The number of carbonyl (C=O) groups excluding carboxylic acids is 1. The largest absolute Gasteiger partial charge is 0.474 e. The predicted octanol–water partition coefficient (Wildman–Crippen LogP) is 3.08. The summed E-state index contributed by atoms with van der Waals surface area (Å²) >= 11 is 0. The number of methoxy groups -OCH3 is 1. The molecule has 5 N–H and O–H groups in total. The molecule has 1 saturated heterocycles. The smallest absolute Gasteiger partial charge is 0.320 e. The minimum atomic E-state index is -0.437. The monoisotopic (exact) mass is 427 g/mol. The molecule has 1 aromatic heterocycles. The SMILES string of the molecule is COC[C@@H](NC(=O)Nc1cc(N)c(C(=N)OC2CCOC(C)C2)cn1)c1ccccc1. The first kappa shape index (κ1) is 22.5. The number of benzene rings is 1. The van der Waals surface area contributed by atoms with Gasteiger partial charge in [-0.15, -0.1) is 0 Å². The highest BCUT2D eigenvalue weighted by molar-refractivity contribution is 5.98. The van der Waals surface area contributed by atoms with Crippen molar-refractivity contribution in [3.8, 4) is 0 Å². The molecule has 166 valence electrons. The molecule has 3 atom stereocenters. The van der Waals surface area contributed by atoms with Gasteiger partial charge >= 0.3 is 6.03 Å². The van der Waals surface area contributed by atoms with E-state index in [1.165, 1.54) is 12.3 Å². The van der Waals surface area contributed by atoms with Crippen LogP contribution in [0.15, 0.2) is 42.6 Å². The van der Waals surface area contributed by atoms with Crippen molar-refractivity contribution in [1.29, 1.82) is 5.41 Å². The third kappa shape index (κ3) is 6.40. The van der Waals surface area contributed by atoms with Crippen LogP contribution in [-0.4, -0.2) is 49.4 Å². The zero-order valence-electron chi connectivity index (χ0n) is 17.8. The van der Waals surface area contributed by atoms with E-state index in [9.17, 15) is 4.79 Å². The van der Waals surface area contributed by atoms with Crippen molar-refractivity contribution in [2.24, 2.45) is 0 Å². The zero-order chi connectivity index (χ0) is 22.2. The van der Waals surface area contributed by atoms with E-state index in [0.29, 0.717) is 24.5 Å². The highest BCUT2D eigenvalue weighted by atomic mass is 16.5. The van der Waals surface area contributed by atoms with Crippen LogP contribution in [0.1, 0.15) is 36.9 Å². The molecule has 0 radical (unpaired) electrons. The summed E-state index contributed by atoms with van der Waals surface area (Å²) in [5, 5.41) is 13.8. The van der Waals surface area contributed by atoms with Crippen LogP contribution in [0.5, 0.6) is 0 Å². The summed E-state index contributed by atoms with van der Waals surface area (Å²) in [6, 6.07) is 10.3. The Labute approximate surface area is 181 Å². The molecule has 0 bridgehead atoms. The molecular formula is C22H29N5O4. The second-order valence-electron chi connectivity index (χ2n) is 7.45. The Hall–Kier alpha value is -3.17. The van der Waals surface area contributed by atoms with Crippen molar-refractivity contribution in [2.75, 3.05) is 31.4 Å². The van der Waals surface area contributed by atoms with Crippen molar-refractivity contribution in [2.45, 2.75) is 38.0 Å².